The first-order chi connectivity index (χ1) is 14.4. The SMILES string of the molecule is Cc1c(-c2[nH]c3ccc(OCC4CN(C)C4)cc3c2C(C)C)cn2cnnc2c1C. The molecule has 0 spiro atoms. The van der Waals surface area contributed by atoms with E-state index in [-0.39, 0.29) is 0 Å². The van der Waals surface area contributed by atoms with Crippen LogP contribution in [-0.2, 0) is 0 Å². The first kappa shape index (κ1) is 19.1. The summed E-state index contributed by atoms with van der Waals surface area (Å²) in [5, 5.41) is 9.58. The Balaban J connectivity index is 1.59. The van der Waals surface area contributed by atoms with Crippen LogP contribution in [0.5, 0.6) is 5.75 Å². The molecule has 1 aliphatic heterocycles. The van der Waals surface area contributed by atoms with E-state index in [1.54, 1.807) is 6.33 Å². The lowest BCUT2D eigenvalue weighted by molar-refractivity contribution is 0.0858. The molecule has 0 radical (unpaired) electrons. The second kappa shape index (κ2) is 7.13. The molecular weight excluding hydrogens is 374 g/mol. The highest BCUT2D eigenvalue weighted by Gasteiger charge is 2.24. The third kappa shape index (κ3) is 3.06. The molecule has 4 heterocycles. The molecule has 4 aromatic rings. The number of aromatic amines is 1. The molecule has 1 saturated heterocycles. The fourth-order valence-electron chi connectivity index (χ4n) is 4.70. The van der Waals surface area contributed by atoms with Gasteiger partial charge in [0.15, 0.2) is 5.65 Å². The summed E-state index contributed by atoms with van der Waals surface area (Å²) >= 11 is 0. The van der Waals surface area contributed by atoms with Crippen molar-refractivity contribution in [2.24, 2.45) is 5.92 Å². The van der Waals surface area contributed by atoms with E-state index in [0.717, 1.165) is 42.2 Å². The number of ether oxygens (including phenoxy) is 1. The van der Waals surface area contributed by atoms with Gasteiger partial charge in [-0.3, -0.25) is 4.40 Å². The fourth-order valence-corrected chi connectivity index (χ4v) is 4.70. The van der Waals surface area contributed by atoms with Crippen LogP contribution in [0.25, 0.3) is 27.8 Å². The van der Waals surface area contributed by atoms with Crippen molar-refractivity contribution in [3.63, 3.8) is 0 Å². The average Bonchev–Trinajstić information content (AvgIpc) is 3.31. The van der Waals surface area contributed by atoms with Gasteiger partial charge < -0.3 is 14.6 Å². The van der Waals surface area contributed by atoms with Crippen molar-refractivity contribution in [1.82, 2.24) is 24.5 Å². The van der Waals surface area contributed by atoms with Crippen molar-refractivity contribution >= 4 is 16.6 Å². The van der Waals surface area contributed by atoms with Crippen molar-refractivity contribution in [1.29, 1.82) is 0 Å². The maximum absolute atomic E-state index is 6.14. The number of aryl methyl sites for hydroxylation is 1. The zero-order valence-corrected chi connectivity index (χ0v) is 18.4. The molecular formula is C24H29N5O. The highest BCUT2D eigenvalue weighted by Crippen LogP contribution is 2.39. The molecule has 156 valence electrons. The molecule has 5 rings (SSSR count). The first-order valence-corrected chi connectivity index (χ1v) is 10.7. The van der Waals surface area contributed by atoms with E-state index in [9.17, 15) is 0 Å². The summed E-state index contributed by atoms with van der Waals surface area (Å²) in [6, 6.07) is 6.43. The number of hydrogen-bond acceptors (Lipinski definition) is 4. The lowest BCUT2D eigenvalue weighted by Crippen LogP contribution is -2.46. The van der Waals surface area contributed by atoms with Gasteiger partial charge in [-0.05, 0) is 61.7 Å². The Morgan fingerprint density at radius 1 is 1.20 bits per heavy atom. The lowest BCUT2D eigenvalue weighted by atomic mass is 9.94. The van der Waals surface area contributed by atoms with Crippen LogP contribution < -0.4 is 4.74 Å². The minimum atomic E-state index is 0.376. The molecule has 0 saturated carbocycles. The van der Waals surface area contributed by atoms with Crippen LogP contribution in [0.15, 0.2) is 30.7 Å². The van der Waals surface area contributed by atoms with Gasteiger partial charge in [-0.25, -0.2) is 0 Å². The molecule has 6 heteroatoms. The van der Waals surface area contributed by atoms with Crippen LogP contribution in [0.1, 0.15) is 36.5 Å². The number of aromatic nitrogens is 4. The van der Waals surface area contributed by atoms with E-state index in [0.29, 0.717) is 11.8 Å². The van der Waals surface area contributed by atoms with E-state index in [1.807, 2.05) is 4.40 Å². The molecule has 0 bridgehead atoms. The number of rotatable bonds is 5. The van der Waals surface area contributed by atoms with Crippen molar-refractivity contribution < 1.29 is 4.74 Å². The Labute approximate surface area is 176 Å². The van der Waals surface area contributed by atoms with Crippen molar-refractivity contribution in [3.05, 3.63) is 47.4 Å². The number of nitrogens with zero attached hydrogens (tertiary/aromatic N) is 4. The molecule has 1 N–H and O–H groups in total. The van der Waals surface area contributed by atoms with Crippen LogP contribution in [0.3, 0.4) is 0 Å². The van der Waals surface area contributed by atoms with E-state index >= 15 is 0 Å². The van der Waals surface area contributed by atoms with Gasteiger partial charge in [0, 0.05) is 41.7 Å². The summed E-state index contributed by atoms with van der Waals surface area (Å²) in [5.41, 5.74) is 8.14. The summed E-state index contributed by atoms with van der Waals surface area (Å²) in [4.78, 5) is 6.01. The van der Waals surface area contributed by atoms with Crippen LogP contribution in [0.4, 0.5) is 0 Å². The molecule has 6 nitrogen and oxygen atoms in total. The number of pyridine rings is 1. The average molecular weight is 404 g/mol. The summed E-state index contributed by atoms with van der Waals surface area (Å²) < 4.78 is 8.16. The quantitative estimate of drug-likeness (QED) is 0.531. The molecule has 0 aliphatic carbocycles. The Bertz CT molecular complexity index is 1230. The standard InChI is InChI=1S/C24H29N5O/c1-14(2)22-19-8-18(30-12-17-9-28(5)10-17)6-7-21(19)26-23(22)20-11-29-13-25-27-24(29)16(4)15(20)3/h6-8,11,13-14,17,26H,9-10,12H2,1-5H3. The van der Waals surface area contributed by atoms with Crippen LogP contribution in [-0.4, -0.2) is 51.2 Å². The van der Waals surface area contributed by atoms with E-state index in [4.69, 9.17) is 4.74 Å². The van der Waals surface area contributed by atoms with Crippen molar-refractivity contribution in [3.8, 4) is 17.0 Å². The summed E-state index contributed by atoms with van der Waals surface area (Å²) in [6.45, 7) is 11.8. The number of hydrogen-bond donors (Lipinski definition) is 1. The molecule has 0 unspecified atom stereocenters. The van der Waals surface area contributed by atoms with Gasteiger partial charge in [0.2, 0.25) is 0 Å². The summed E-state index contributed by atoms with van der Waals surface area (Å²) in [7, 11) is 2.15. The number of nitrogens with one attached hydrogen (secondary N) is 1. The second-order valence-corrected chi connectivity index (χ2v) is 9.03. The predicted octanol–water partition coefficient (Wildman–Crippen LogP) is 4.56. The van der Waals surface area contributed by atoms with Crippen LogP contribution in [0, 0.1) is 19.8 Å². The highest BCUT2D eigenvalue weighted by molar-refractivity contribution is 5.93. The Kier molecular flexibility index (Phi) is 4.54. The number of H-pyrrole nitrogens is 1. The summed E-state index contributed by atoms with van der Waals surface area (Å²) in [6.07, 6.45) is 3.91. The highest BCUT2D eigenvalue weighted by atomic mass is 16.5. The van der Waals surface area contributed by atoms with Crippen LogP contribution in [0.2, 0.25) is 0 Å². The monoisotopic (exact) mass is 403 g/mol. The van der Waals surface area contributed by atoms with Gasteiger partial charge in [0.1, 0.15) is 12.1 Å². The van der Waals surface area contributed by atoms with Gasteiger partial charge in [-0.1, -0.05) is 13.8 Å². The van der Waals surface area contributed by atoms with E-state index in [1.165, 1.54) is 27.8 Å². The van der Waals surface area contributed by atoms with Gasteiger partial charge in [-0.15, -0.1) is 10.2 Å². The van der Waals surface area contributed by atoms with Crippen LogP contribution >= 0.6 is 0 Å². The lowest BCUT2D eigenvalue weighted by Gasteiger charge is -2.35. The minimum absolute atomic E-state index is 0.376. The topological polar surface area (TPSA) is 58.5 Å². The molecule has 1 fully saturated rings. The smallest absolute Gasteiger partial charge is 0.163 e. The maximum Gasteiger partial charge on any atom is 0.163 e. The molecule has 3 aromatic heterocycles. The second-order valence-electron chi connectivity index (χ2n) is 9.03. The number of likely N-dealkylation sites (tertiary alicyclic amines) is 1. The summed E-state index contributed by atoms with van der Waals surface area (Å²) in [5.74, 6) is 1.96. The van der Waals surface area contributed by atoms with Gasteiger partial charge in [0.05, 0.1) is 12.3 Å². The zero-order valence-electron chi connectivity index (χ0n) is 18.4. The zero-order chi connectivity index (χ0) is 21.0. The Morgan fingerprint density at radius 2 is 2.00 bits per heavy atom. The fraction of sp³-hybridized carbons (Fsp3) is 0.417. The van der Waals surface area contributed by atoms with E-state index in [2.05, 4.69) is 79.2 Å². The number of benzene rings is 1. The third-order valence-corrected chi connectivity index (χ3v) is 6.43. The maximum atomic E-state index is 6.14. The molecule has 1 aromatic carbocycles. The molecule has 30 heavy (non-hydrogen) atoms. The first-order valence-electron chi connectivity index (χ1n) is 10.7. The van der Waals surface area contributed by atoms with Gasteiger partial charge in [0.25, 0.3) is 0 Å². The number of fused-ring (bicyclic) bond motifs is 2. The normalized spacial score (nSPS) is 15.4. The third-order valence-electron chi connectivity index (χ3n) is 6.43. The molecule has 0 atom stereocenters. The minimum Gasteiger partial charge on any atom is -0.493 e. The predicted molar refractivity (Wildman–Crippen MR) is 120 cm³/mol. The largest absolute Gasteiger partial charge is 0.493 e. The van der Waals surface area contributed by atoms with Crippen molar-refractivity contribution in [2.75, 3.05) is 26.7 Å². The van der Waals surface area contributed by atoms with Gasteiger partial charge >= 0.3 is 0 Å². The molecule has 1 aliphatic rings. The Morgan fingerprint density at radius 3 is 2.73 bits per heavy atom. The van der Waals surface area contributed by atoms with E-state index < -0.39 is 0 Å². The molecule has 0 amide bonds. The van der Waals surface area contributed by atoms with Crippen molar-refractivity contribution in [2.45, 2.75) is 33.6 Å². The van der Waals surface area contributed by atoms with Gasteiger partial charge in [-0.2, -0.15) is 0 Å². The Hall–Kier alpha value is -2.86.